The molecule has 1 aromatic carbocycles. The Hall–Kier alpha value is -1.92. The van der Waals surface area contributed by atoms with Gasteiger partial charge in [0, 0.05) is 0 Å². The lowest BCUT2D eigenvalue weighted by molar-refractivity contribution is -0.274. The fraction of sp³-hybridized carbons (Fsp3) is 0.125. The maximum absolute atomic E-state index is 11.8. The number of aromatic carboxylic acids is 1. The van der Waals surface area contributed by atoms with Gasteiger partial charge in [0.05, 0.1) is 0 Å². The number of benzene rings is 1. The van der Waals surface area contributed by atoms with Crippen molar-refractivity contribution in [1.82, 2.24) is 0 Å². The predicted molar refractivity (Wildman–Crippen MR) is 41.7 cm³/mol. The Morgan fingerprint density at radius 2 is 1.93 bits per heavy atom. The number of halogens is 3. The van der Waals surface area contributed by atoms with E-state index < -0.39 is 29.4 Å². The monoisotopic (exact) mass is 222 g/mol. The molecule has 0 aliphatic heterocycles. The summed E-state index contributed by atoms with van der Waals surface area (Å²) in [6, 6.07) is 2.29. The quantitative estimate of drug-likeness (QED) is 0.802. The average molecular weight is 222 g/mol. The minimum atomic E-state index is -4.97. The molecule has 4 nitrogen and oxygen atoms in total. The van der Waals surface area contributed by atoms with Gasteiger partial charge in [-0.2, -0.15) is 0 Å². The number of carboxylic acid groups (broad SMARTS) is 1. The Labute approximate surface area is 81.5 Å². The molecule has 0 saturated carbocycles. The van der Waals surface area contributed by atoms with Gasteiger partial charge >= 0.3 is 12.3 Å². The zero-order valence-electron chi connectivity index (χ0n) is 7.08. The first-order valence-corrected chi connectivity index (χ1v) is 3.61. The van der Waals surface area contributed by atoms with Crippen LogP contribution in [0.4, 0.5) is 13.2 Å². The second-order valence-corrected chi connectivity index (χ2v) is 2.53. The summed E-state index contributed by atoms with van der Waals surface area (Å²) in [7, 11) is 0. The fourth-order valence-corrected chi connectivity index (χ4v) is 0.899. The van der Waals surface area contributed by atoms with Crippen LogP contribution in [0.1, 0.15) is 10.4 Å². The molecule has 0 bridgehead atoms. The molecule has 0 atom stereocenters. The van der Waals surface area contributed by atoms with Crippen LogP contribution in [-0.2, 0) is 0 Å². The van der Waals surface area contributed by atoms with Crippen LogP contribution < -0.4 is 4.74 Å². The summed E-state index contributed by atoms with van der Waals surface area (Å²) >= 11 is 0. The molecule has 2 N–H and O–H groups in total. The van der Waals surface area contributed by atoms with Crippen molar-refractivity contribution in [2.45, 2.75) is 6.36 Å². The predicted octanol–water partition coefficient (Wildman–Crippen LogP) is 1.99. The molecule has 0 aliphatic carbocycles. The van der Waals surface area contributed by atoms with E-state index in [-0.39, 0.29) is 0 Å². The Morgan fingerprint density at radius 1 is 1.33 bits per heavy atom. The molecule has 0 amide bonds. The van der Waals surface area contributed by atoms with Gasteiger partial charge < -0.3 is 14.9 Å². The number of carboxylic acids is 1. The first-order chi connectivity index (χ1) is 6.79. The van der Waals surface area contributed by atoms with Gasteiger partial charge in [-0.1, -0.05) is 0 Å². The Kier molecular flexibility index (Phi) is 2.74. The number of alkyl halides is 3. The molecule has 0 heterocycles. The lowest BCUT2D eigenvalue weighted by Gasteiger charge is -2.10. The van der Waals surface area contributed by atoms with Gasteiger partial charge in [0.2, 0.25) is 0 Å². The van der Waals surface area contributed by atoms with Crippen LogP contribution in [0.25, 0.3) is 0 Å². The van der Waals surface area contributed by atoms with Gasteiger partial charge in [0.1, 0.15) is 17.1 Å². The molecule has 1 aromatic rings. The van der Waals surface area contributed by atoms with E-state index in [1.165, 1.54) is 0 Å². The van der Waals surface area contributed by atoms with Gasteiger partial charge in [-0.25, -0.2) is 4.79 Å². The van der Waals surface area contributed by atoms with Crippen molar-refractivity contribution in [3.05, 3.63) is 23.8 Å². The molecule has 0 aromatic heterocycles. The largest absolute Gasteiger partial charge is 0.573 e. The van der Waals surface area contributed by atoms with E-state index in [2.05, 4.69) is 4.74 Å². The standard InChI is InChI=1S/C8H5F3O4/c9-8(10,11)15-6-2-1-4(12)3-5(6)7(13)14/h1-3,12H,(H,13,14). The molecule has 7 heteroatoms. The smallest absolute Gasteiger partial charge is 0.508 e. The number of ether oxygens (including phenoxy) is 1. The van der Waals surface area contributed by atoms with Crippen molar-refractivity contribution in [3.8, 4) is 11.5 Å². The topological polar surface area (TPSA) is 66.8 Å². The summed E-state index contributed by atoms with van der Waals surface area (Å²) in [5.41, 5.74) is -0.757. The van der Waals surface area contributed by atoms with Crippen LogP contribution in [0.15, 0.2) is 18.2 Å². The molecule has 0 unspecified atom stereocenters. The second kappa shape index (κ2) is 3.68. The molecule has 1 rings (SSSR count). The van der Waals surface area contributed by atoms with Crippen LogP contribution in [0.3, 0.4) is 0 Å². The van der Waals surface area contributed by atoms with Gasteiger partial charge in [0.25, 0.3) is 0 Å². The first-order valence-electron chi connectivity index (χ1n) is 3.61. The van der Waals surface area contributed by atoms with E-state index in [0.29, 0.717) is 6.07 Å². The van der Waals surface area contributed by atoms with Crippen molar-refractivity contribution in [2.24, 2.45) is 0 Å². The van der Waals surface area contributed by atoms with Crippen molar-refractivity contribution in [1.29, 1.82) is 0 Å². The first kappa shape index (κ1) is 11.2. The fourth-order valence-electron chi connectivity index (χ4n) is 0.899. The van der Waals surface area contributed by atoms with E-state index in [1.54, 1.807) is 0 Å². The number of phenolic OH excluding ortho intramolecular Hbond substituents is 1. The van der Waals surface area contributed by atoms with E-state index in [0.717, 1.165) is 12.1 Å². The van der Waals surface area contributed by atoms with E-state index >= 15 is 0 Å². The molecule has 0 saturated heterocycles. The van der Waals surface area contributed by atoms with Crippen LogP contribution in [-0.4, -0.2) is 22.5 Å². The number of rotatable bonds is 2. The summed E-state index contributed by atoms with van der Waals surface area (Å²) in [5.74, 6) is -2.94. The van der Waals surface area contributed by atoms with Gasteiger partial charge in [-0.05, 0) is 18.2 Å². The van der Waals surface area contributed by atoms with Crippen LogP contribution in [0.5, 0.6) is 11.5 Å². The van der Waals surface area contributed by atoms with Crippen molar-refractivity contribution < 1.29 is 32.9 Å². The highest BCUT2D eigenvalue weighted by Crippen LogP contribution is 2.28. The third-order valence-corrected chi connectivity index (χ3v) is 1.42. The van der Waals surface area contributed by atoms with E-state index in [9.17, 15) is 18.0 Å². The van der Waals surface area contributed by atoms with Gasteiger partial charge in [-0.15, -0.1) is 13.2 Å². The minimum absolute atomic E-state index is 0.457. The molecule has 0 fully saturated rings. The molecule has 82 valence electrons. The zero-order valence-corrected chi connectivity index (χ0v) is 7.08. The zero-order chi connectivity index (χ0) is 11.6. The summed E-state index contributed by atoms with van der Waals surface area (Å²) in [5, 5.41) is 17.4. The van der Waals surface area contributed by atoms with E-state index in [1.807, 2.05) is 0 Å². The Morgan fingerprint density at radius 3 is 2.40 bits per heavy atom. The number of hydrogen-bond donors (Lipinski definition) is 2. The highest BCUT2D eigenvalue weighted by atomic mass is 19.4. The summed E-state index contributed by atoms with van der Waals surface area (Å²) in [6.45, 7) is 0. The van der Waals surface area contributed by atoms with Crippen molar-refractivity contribution >= 4 is 5.97 Å². The Bertz CT molecular complexity index is 386. The van der Waals surface area contributed by atoms with Gasteiger partial charge in [0.15, 0.2) is 0 Å². The SMILES string of the molecule is O=C(O)c1cc(O)ccc1OC(F)(F)F. The molecule has 0 aliphatic rings. The summed E-state index contributed by atoms with van der Waals surface area (Å²) in [6.07, 6.45) is -4.97. The number of aromatic hydroxyl groups is 1. The number of hydrogen-bond acceptors (Lipinski definition) is 3. The lowest BCUT2D eigenvalue weighted by Crippen LogP contribution is -2.18. The second-order valence-electron chi connectivity index (χ2n) is 2.53. The third kappa shape index (κ3) is 3.04. The molecule has 0 radical (unpaired) electrons. The number of phenols is 1. The van der Waals surface area contributed by atoms with Crippen LogP contribution >= 0.6 is 0 Å². The maximum Gasteiger partial charge on any atom is 0.573 e. The average Bonchev–Trinajstić information content (AvgIpc) is 2.05. The summed E-state index contributed by atoms with van der Waals surface area (Å²) in [4.78, 5) is 10.5. The Balaban J connectivity index is 3.12. The van der Waals surface area contributed by atoms with Crippen LogP contribution in [0, 0.1) is 0 Å². The normalized spacial score (nSPS) is 11.1. The highest BCUT2D eigenvalue weighted by Gasteiger charge is 2.33. The van der Waals surface area contributed by atoms with Crippen molar-refractivity contribution in [2.75, 3.05) is 0 Å². The summed E-state index contributed by atoms with van der Waals surface area (Å²) < 4.78 is 38.9. The molecule has 15 heavy (non-hydrogen) atoms. The van der Waals surface area contributed by atoms with Crippen molar-refractivity contribution in [3.63, 3.8) is 0 Å². The molecule has 0 spiro atoms. The third-order valence-electron chi connectivity index (χ3n) is 1.42. The van der Waals surface area contributed by atoms with Gasteiger partial charge in [-0.3, -0.25) is 0 Å². The van der Waals surface area contributed by atoms with Crippen LogP contribution in [0.2, 0.25) is 0 Å². The lowest BCUT2D eigenvalue weighted by atomic mass is 10.2. The highest BCUT2D eigenvalue weighted by molar-refractivity contribution is 5.91. The molecular weight excluding hydrogens is 217 g/mol. The minimum Gasteiger partial charge on any atom is -0.508 e. The molecular formula is C8H5F3O4. The number of carbonyl (C=O) groups is 1. The maximum atomic E-state index is 11.8. The van der Waals surface area contributed by atoms with E-state index in [4.69, 9.17) is 10.2 Å².